The van der Waals surface area contributed by atoms with Gasteiger partial charge in [0.25, 0.3) is 5.91 Å². The van der Waals surface area contributed by atoms with Gasteiger partial charge in [0.05, 0.1) is 11.0 Å². The molecular formula is C15H16N4O2. The fourth-order valence-corrected chi connectivity index (χ4v) is 2.63. The first kappa shape index (κ1) is 13.5. The quantitative estimate of drug-likeness (QED) is 0.892. The van der Waals surface area contributed by atoms with Gasteiger partial charge >= 0.3 is 0 Å². The van der Waals surface area contributed by atoms with Crippen LogP contribution in [0.4, 0.5) is 0 Å². The van der Waals surface area contributed by atoms with Gasteiger partial charge in [-0.05, 0) is 24.6 Å². The van der Waals surface area contributed by atoms with Gasteiger partial charge in [0.1, 0.15) is 6.04 Å². The molecule has 2 amide bonds. The van der Waals surface area contributed by atoms with E-state index in [0.717, 1.165) is 5.52 Å². The first-order chi connectivity index (χ1) is 10.2. The molecule has 2 heterocycles. The first-order valence-electron chi connectivity index (χ1n) is 7.00. The summed E-state index contributed by atoms with van der Waals surface area (Å²) in [6, 6.07) is 4.84. The molecule has 1 aromatic carbocycles. The second-order valence-corrected chi connectivity index (χ2v) is 4.97. The molecule has 0 radical (unpaired) electrons. The molecule has 1 aromatic heterocycles. The number of aromatic nitrogens is 2. The summed E-state index contributed by atoms with van der Waals surface area (Å²) in [6.45, 7) is 2.93. The molecule has 0 saturated carbocycles. The SMILES string of the molecule is CC[C@H]1C(=O)NCCN1C(=O)c1ccc2nccnc2c1. The highest BCUT2D eigenvalue weighted by molar-refractivity contribution is 6.00. The van der Waals surface area contributed by atoms with Gasteiger partial charge in [-0.25, -0.2) is 0 Å². The van der Waals surface area contributed by atoms with Gasteiger partial charge in [0, 0.05) is 31.0 Å². The van der Waals surface area contributed by atoms with Crippen LogP contribution in [0.2, 0.25) is 0 Å². The van der Waals surface area contributed by atoms with Gasteiger partial charge in [0.2, 0.25) is 5.91 Å². The highest BCUT2D eigenvalue weighted by atomic mass is 16.2. The van der Waals surface area contributed by atoms with Crippen LogP contribution >= 0.6 is 0 Å². The maximum absolute atomic E-state index is 12.7. The third-order valence-electron chi connectivity index (χ3n) is 3.69. The fraction of sp³-hybridized carbons (Fsp3) is 0.333. The summed E-state index contributed by atoms with van der Waals surface area (Å²) in [5.41, 5.74) is 1.96. The Hall–Kier alpha value is -2.50. The molecule has 108 valence electrons. The Morgan fingerprint density at radius 2 is 2.10 bits per heavy atom. The Bertz CT molecular complexity index is 701. The van der Waals surface area contributed by atoms with Crippen LogP contribution in [0.1, 0.15) is 23.7 Å². The van der Waals surface area contributed by atoms with Crippen LogP contribution in [-0.2, 0) is 4.79 Å². The lowest BCUT2D eigenvalue weighted by Gasteiger charge is -2.34. The molecule has 1 saturated heterocycles. The van der Waals surface area contributed by atoms with Crippen LogP contribution in [-0.4, -0.2) is 45.8 Å². The van der Waals surface area contributed by atoms with E-state index in [0.29, 0.717) is 30.6 Å². The van der Waals surface area contributed by atoms with Crippen molar-refractivity contribution < 1.29 is 9.59 Å². The number of hydrogen-bond donors (Lipinski definition) is 1. The Morgan fingerprint density at radius 3 is 2.86 bits per heavy atom. The molecule has 0 unspecified atom stereocenters. The van der Waals surface area contributed by atoms with E-state index in [1.807, 2.05) is 6.92 Å². The number of nitrogens with zero attached hydrogens (tertiary/aromatic N) is 3. The molecule has 2 aromatic rings. The lowest BCUT2D eigenvalue weighted by molar-refractivity contribution is -0.127. The smallest absolute Gasteiger partial charge is 0.254 e. The van der Waals surface area contributed by atoms with Crippen molar-refractivity contribution >= 4 is 22.8 Å². The summed E-state index contributed by atoms with van der Waals surface area (Å²) in [5, 5.41) is 2.79. The minimum Gasteiger partial charge on any atom is -0.353 e. The van der Waals surface area contributed by atoms with E-state index in [1.54, 1.807) is 35.5 Å². The standard InChI is InChI=1S/C15H16N4O2/c1-2-13-14(20)18-7-8-19(13)15(21)10-3-4-11-12(9-10)17-6-5-16-11/h3-6,9,13H,2,7-8H2,1H3,(H,18,20)/t13-/m0/s1. The van der Waals surface area contributed by atoms with Crippen molar-refractivity contribution in [3.05, 3.63) is 36.2 Å². The maximum atomic E-state index is 12.7. The van der Waals surface area contributed by atoms with Gasteiger partial charge in [-0.2, -0.15) is 0 Å². The Morgan fingerprint density at radius 1 is 1.33 bits per heavy atom. The van der Waals surface area contributed by atoms with E-state index in [-0.39, 0.29) is 11.8 Å². The molecule has 0 aliphatic carbocycles. The van der Waals surface area contributed by atoms with E-state index in [9.17, 15) is 9.59 Å². The topological polar surface area (TPSA) is 75.2 Å². The van der Waals surface area contributed by atoms with Crippen LogP contribution < -0.4 is 5.32 Å². The molecule has 6 heteroatoms. The monoisotopic (exact) mass is 284 g/mol. The predicted molar refractivity (Wildman–Crippen MR) is 77.7 cm³/mol. The van der Waals surface area contributed by atoms with Crippen molar-refractivity contribution in [1.82, 2.24) is 20.2 Å². The number of carbonyl (C=O) groups is 2. The van der Waals surface area contributed by atoms with Crippen molar-refractivity contribution in [2.75, 3.05) is 13.1 Å². The van der Waals surface area contributed by atoms with Crippen molar-refractivity contribution in [2.45, 2.75) is 19.4 Å². The van der Waals surface area contributed by atoms with Crippen LogP contribution in [0.5, 0.6) is 0 Å². The van der Waals surface area contributed by atoms with Crippen LogP contribution in [0.15, 0.2) is 30.6 Å². The molecule has 1 aliphatic heterocycles. The zero-order chi connectivity index (χ0) is 14.8. The number of hydrogen-bond acceptors (Lipinski definition) is 4. The van der Waals surface area contributed by atoms with Crippen molar-refractivity contribution in [3.8, 4) is 0 Å². The third kappa shape index (κ3) is 2.44. The molecule has 6 nitrogen and oxygen atoms in total. The number of fused-ring (bicyclic) bond motifs is 1. The first-order valence-corrected chi connectivity index (χ1v) is 7.00. The average molecular weight is 284 g/mol. The van der Waals surface area contributed by atoms with Crippen molar-refractivity contribution in [3.63, 3.8) is 0 Å². The number of amides is 2. The van der Waals surface area contributed by atoms with Gasteiger partial charge in [0.15, 0.2) is 0 Å². The zero-order valence-corrected chi connectivity index (χ0v) is 11.7. The summed E-state index contributed by atoms with van der Waals surface area (Å²) < 4.78 is 0. The number of carbonyl (C=O) groups excluding carboxylic acids is 2. The van der Waals surface area contributed by atoms with E-state index in [2.05, 4.69) is 15.3 Å². The molecule has 1 atom stereocenters. The Labute approximate surface area is 122 Å². The van der Waals surface area contributed by atoms with Gasteiger partial charge in [-0.3, -0.25) is 19.6 Å². The average Bonchev–Trinajstić information content (AvgIpc) is 2.53. The van der Waals surface area contributed by atoms with Gasteiger partial charge in [-0.1, -0.05) is 6.92 Å². The number of nitrogens with one attached hydrogen (secondary N) is 1. The van der Waals surface area contributed by atoms with Gasteiger partial charge in [-0.15, -0.1) is 0 Å². The molecule has 21 heavy (non-hydrogen) atoms. The summed E-state index contributed by atoms with van der Waals surface area (Å²) >= 11 is 0. The molecule has 0 spiro atoms. The van der Waals surface area contributed by atoms with Crippen LogP contribution in [0.25, 0.3) is 11.0 Å². The van der Waals surface area contributed by atoms with E-state index >= 15 is 0 Å². The van der Waals surface area contributed by atoms with Crippen LogP contribution in [0.3, 0.4) is 0 Å². The van der Waals surface area contributed by atoms with E-state index in [4.69, 9.17) is 0 Å². The zero-order valence-electron chi connectivity index (χ0n) is 11.7. The molecule has 1 N–H and O–H groups in total. The lowest BCUT2D eigenvalue weighted by atomic mass is 10.1. The van der Waals surface area contributed by atoms with E-state index < -0.39 is 6.04 Å². The second-order valence-electron chi connectivity index (χ2n) is 4.97. The summed E-state index contributed by atoms with van der Waals surface area (Å²) in [5.74, 6) is -0.220. The maximum Gasteiger partial charge on any atom is 0.254 e. The molecule has 3 rings (SSSR count). The van der Waals surface area contributed by atoms with Crippen molar-refractivity contribution in [2.24, 2.45) is 0 Å². The number of benzene rings is 1. The molecule has 1 aliphatic rings. The van der Waals surface area contributed by atoms with E-state index in [1.165, 1.54) is 0 Å². The third-order valence-corrected chi connectivity index (χ3v) is 3.69. The predicted octanol–water partition coefficient (Wildman–Crippen LogP) is 0.980. The minimum absolute atomic E-state index is 0.0855. The normalized spacial score (nSPS) is 18.6. The van der Waals surface area contributed by atoms with Crippen molar-refractivity contribution in [1.29, 1.82) is 0 Å². The Kier molecular flexibility index (Phi) is 3.51. The lowest BCUT2D eigenvalue weighted by Crippen LogP contribution is -2.56. The molecule has 0 bridgehead atoms. The molecule has 1 fully saturated rings. The second kappa shape index (κ2) is 5.47. The minimum atomic E-state index is -0.399. The summed E-state index contributed by atoms with van der Waals surface area (Å²) in [6.07, 6.45) is 3.82. The van der Waals surface area contributed by atoms with Gasteiger partial charge < -0.3 is 10.2 Å². The number of rotatable bonds is 2. The summed E-state index contributed by atoms with van der Waals surface area (Å²) in [7, 11) is 0. The highest BCUT2D eigenvalue weighted by Crippen LogP contribution is 2.16. The highest BCUT2D eigenvalue weighted by Gasteiger charge is 2.32. The fourth-order valence-electron chi connectivity index (χ4n) is 2.63. The van der Waals surface area contributed by atoms with Crippen LogP contribution in [0, 0.1) is 0 Å². The summed E-state index contributed by atoms with van der Waals surface area (Å²) in [4.78, 5) is 34.5. The number of piperazine rings is 1. The largest absolute Gasteiger partial charge is 0.353 e. The molecular weight excluding hydrogens is 268 g/mol. The Balaban J connectivity index is 1.93.